The second-order valence-corrected chi connectivity index (χ2v) is 17.0. The molecule has 10 aromatic rings. The number of amidine groups is 2. The zero-order valence-electron chi connectivity index (χ0n) is 38.9. The molecule has 334 valence electrons. The first-order valence-corrected chi connectivity index (χ1v) is 23.3. The third-order valence-corrected chi connectivity index (χ3v) is 12.4. The van der Waals surface area contributed by atoms with Crippen molar-refractivity contribution in [2.45, 2.75) is 27.2 Å². The molecule has 0 atom stereocenters. The van der Waals surface area contributed by atoms with Gasteiger partial charge in [0.15, 0.2) is 17.5 Å². The number of rotatable bonds is 12. The third-order valence-electron chi connectivity index (χ3n) is 12.4. The Morgan fingerprint density at radius 1 is 0.594 bits per heavy atom. The van der Waals surface area contributed by atoms with Gasteiger partial charge >= 0.3 is 0 Å². The van der Waals surface area contributed by atoms with Gasteiger partial charge in [-0.25, -0.2) is 15.0 Å². The Balaban J connectivity index is 1.08. The van der Waals surface area contributed by atoms with Crippen LogP contribution in [-0.2, 0) is 6.42 Å². The number of nitrogens with one attached hydrogen (secondary N) is 2. The number of benzene rings is 8. The SMILES string of the molecule is C/C=C\C=C/Cc1ccc(C(=N)N=C(Nn2c3ccccc3c3c(C)c(N(c4cccc(-c5nc(-c6ccccc6)cc(-c6ccccc6)n5)c4)c4ccccc4C)ccc32)c2ccccc2)cc1. The van der Waals surface area contributed by atoms with Gasteiger partial charge in [0.2, 0.25) is 0 Å². The molecule has 2 N–H and O–H groups in total. The fourth-order valence-electron chi connectivity index (χ4n) is 8.91. The van der Waals surface area contributed by atoms with E-state index in [-0.39, 0.29) is 5.84 Å². The number of anilines is 3. The molecule has 0 spiro atoms. The average Bonchev–Trinajstić information content (AvgIpc) is 3.73. The number of aliphatic imine (C=N–C) groups is 1. The number of aromatic nitrogens is 3. The van der Waals surface area contributed by atoms with Crippen LogP contribution in [0.2, 0.25) is 0 Å². The second kappa shape index (κ2) is 19.9. The predicted octanol–water partition coefficient (Wildman–Crippen LogP) is 15.4. The van der Waals surface area contributed by atoms with E-state index in [1.54, 1.807) is 0 Å². The monoisotopic (exact) mass is 893 g/mol. The lowest BCUT2D eigenvalue weighted by Crippen LogP contribution is -2.25. The quantitative estimate of drug-likeness (QED) is 0.0727. The van der Waals surface area contributed by atoms with Crippen molar-refractivity contribution in [2.24, 2.45) is 4.99 Å². The van der Waals surface area contributed by atoms with E-state index >= 15 is 0 Å². The van der Waals surface area contributed by atoms with Crippen molar-refractivity contribution >= 4 is 50.5 Å². The molecule has 0 saturated heterocycles. The smallest absolute Gasteiger partial charge is 0.160 e. The van der Waals surface area contributed by atoms with Crippen molar-refractivity contribution in [1.29, 1.82) is 5.41 Å². The second-order valence-electron chi connectivity index (χ2n) is 17.0. The molecule has 0 aliphatic rings. The van der Waals surface area contributed by atoms with Crippen LogP contribution in [0.3, 0.4) is 0 Å². The molecule has 10 rings (SSSR count). The summed E-state index contributed by atoms with van der Waals surface area (Å²) in [4.78, 5) is 17.7. The summed E-state index contributed by atoms with van der Waals surface area (Å²) >= 11 is 0. The molecule has 0 aliphatic carbocycles. The van der Waals surface area contributed by atoms with Crippen molar-refractivity contribution < 1.29 is 0 Å². The third kappa shape index (κ3) is 9.27. The van der Waals surface area contributed by atoms with Gasteiger partial charge < -0.3 is 4.90 Å². The summed E-state index contributed by atoms with van der Waals surface area (Å²) in [5, 5.41) is 11.4. The Labute approximate surface area is 403 Å². The van der Waals surface area contributed by atoms with Crippen LogP contribution >= 0.6 is 0 Å². The molecule has 7 heteroatoms. The first-order valence-electron chi connectivity index (χ1n) is 23.3. The maximum Gasteiger partial charge on any atom is 0.160 e. The number of allylic oxidation sites excluding steroid dienone is 4. The minimum Gasteiger partial charge on any atom is -0.310 e. The van der Waals surface area contributed by atoms with E-state index in [1.807, 2.05) is 97.9 Å². The lowest BCUT2D eigenvalue weighted by atomic mass is 10.0. The van der Waals surface area contributed by atoms with E-state index in [4.69, 9.17) is 15.0 Å². The molecule has 0 radical (unpaired) electrons. The van der Waals surface area contributed by atoms with Crippen LogP contribution in [0.15, 0.2) is 236 Å². The molecule has 0 fully saturated rings. The predicted molar refractivity (Wildman–Crippen MR) is 289 cm³/mol. The number of hydrogen-bond donors (Lipinski definition) is 2. The topological polar surface area (TPSA) is 82.2 Å². The first kappa shape index (κ1) is 43.9. The van der Waals surface area contributed by atoms with Gasteiger partial charge in [0, 0.05) is 55.7 Å². The van der Waals surface area contributed by atoms with E-state index in [0.717, 1.165) is 95.6 Å². The van der Waals surface area contributed by atoms with Gasteiger partial charge in [-0.05, 0) is 86.3 Å². The zero-order valence-corrected chi connectivity index (χ0v) is 38.9. The lowest BCUT2D eigenvalue weighted by Gasteiger charge is -2.29. The van der Waals surface area contributed by atoms with E-state index in [1.165, 1.54) is 5.56 Å². The standard InChI is InChI=1S/C62H51N7/c1-4-5-6-10-23-45-35-37-48(38-36-45)60(63)66-62(49-28-15-9-16-29-49)67-69-57-34-20-18-32-52(57)59-44(3)56(39-40-58(59)69)68(55-33-19-17-22-43(55)2)51-31-21-30-50(41-51)61-64-53(46-24-11-7-12-25-46)42-54(65-61)47-26-13-8-14-27-47/h4-22,24-42H,23H2,1-3H3,(H2,63,66,67)/b5-4-,10-6-. The minimum atomic E-state index is 0.168. The van der Waals surface area contributed by atoms with Crippen molar-refractivity contribution in [2.75, 3.05) is 10.3 Å². The van der Waals surface area contributed by atoms with Crippen LogP contribution in [0.1, 0.15) is 34.7 Å². The molecule has 0 bridgehead atoms. The zero-order chi connectivity index (χ0) is 47.1. The highest BCUT2D eigenvalue weighted by Gasteiger charge is 2.23. The molecule has 0 saturated carbocycles. The summed E-state index contributed by atoms with van der Waals surface area (Å²) in [5.41, 5.74) is 18.5. The van der Waals surface area contributed by atoms with E-state index < -0.39 is 0 Å². The fourth-order valence-corrected chi connectivity index (χ4v) is 8.91. The number of para-hydroxylation sites is 2. The molecule has 0 aliphatic heterocycles. The van der Waals surface area contributed by atoms with Gasteiger partial charge in [-0.1, -0.05) is 188 Å². The molecule has 0 unspecified atom stereocenters. The Bertz CT molecular complexity index is 3480. The van der Waals surface area contributed by atoms with Gasteiger partial charge in [-0.2, -0.15) is 0 Å². The highest BCUT2D eigenvalue weighted by molar-refractivity contribution is 6.17. The van der Waals surface area contributed by atoms with Crippen LogP contribution < -0.4 is 10.3 Å². The van der Waals surface area contributed by atoms with Gasteiger partial charge in [-0.15, -0.1) is 0 Å². The number of aryl methyl sites for hydroxylation is 2. The van der Waals surface area contributed by atoms with Crippen LogP contribution in [0.5, 0.6) is 0 Å². The molecule has 2 aromatic heterocycles. The Morgan fingerprint density at radius 3 is 1.93 bits per heavy atom. The van der Waals surface area contributed by atoms with Crippen LogP contribution in [0, 0.1) is 19.3 Å². The molecular formula is C62H51N7. The van der Waals surface area contributed by atoms with Crippen LogP contribution in [0.4, 0.5) is 17.1 Å². The molecular weight excluding hydrogens is 843 g/mol. The van der Waals surface area contributed by atoms with Crippen molar-refractivity contribution in [1.82, 2.24) is 14.6 Å². The summed E-state index contributed by atoms with van der Waals surface area (Å²) in [6, 6.07) is 70.8. The van der Waals surface area contributed by atoms with Crippen LogP contribution in [-0.4, -0.2) is 26.3 Å². The number of hydrogen-bond acceptors (Lipinski definition) is 4. The lowest BCUT2D eigenvalue weighted by molar-refractivity contribution is 1.08. The number of fused-ring (bicyclic) bond motifs is 3. The maximum absolute atomic E-state index is 9.21. The Hall–Kier alpha value is -8.94. The summed E-state index contributed by atoms with van der Waals surface area (Å²) < 4.78 is 2.11. The van der Waals surface area contributed by atoms with Gasteiger partial charge in [-0.3, -0.25) is 15.5 Å². The molecule has 0 amide bonds. The average molecular weight is 894 g/mol. The van der Waals surface area contributed by atoms with Crippen molar-refractivity contribution in [3.8, 4) is 33.9 Å². The normalized spacial score (nSPS) is 11.8. The van der Waals surface area contributed by atoms with Gasteiger partial charge in [0.25, 0.3) is 0 Å². The van der Waals surface area contributed by atoms with Crippen molar-refractivity contribution in [3.63, 3.8) is 0 Å². The Kier molecular flexibility index (Phi) is 12.7. The molecule has 69 heavy (non-hydrogen) atoms. The molecule has 2 heterocycles. The largest absolute Gasteiger partial charge is 0.310 e. The minimum absolute atomic E-state index is 0.168. The summed E-state index contributed by atoms with van der Waals surface area (Å²) in [6.07, 6.45) is 9.04. The Morgan fingerprint density at radius 2 is 1.23 bits per heavy atom. The maximum atomic E-state index is 9.21. The van der Waals surface area contributed by atoms with E-state index in [0.29, 0.717) is 11.7 Å². The van der Waals surface area contributed by atoms with Gasteiger partial charge in [0.05, 0.1) is 22.4 Å². The van der Waals surface area contributed by atoms with Crippen LogP contribution in [0.25, 0.3) is 55.7 Å². The fraction of sp³-hybridized carbons (Fsp3) is 0.0645. The van der Waals surface area contributed by atoms with Gasteiger partial charge in [0.1, 0.15) is 0 Å². The highest BCUT2D eigenvalue weighted by Crippen LogP contribution is 2.43. The first-order chi connectivity index (χ1) is 33.9. The highest BCUT2D eigenvalue weighted by atomic mass is 15.4. The van der Waals surface area contributed by atoms with E-state index in [9.17, 15) is 5.41 Å². The summed E-state index contributed by atoms with van der Waals surface area (Å²) in [5.74, 6) is 1.38. The molecule has 8 aromatic carbocycles. The number of nitrogens with zero attached hydrogens (tertiary/aromatic N) is 5. The molecule has 7 nitrogen and oxygen atoms in total. The van der Waals surface area contributed by atoms with Crippen molar-refractivity contribution in [3.05, 3.63) is 258 Å². The summed E-state index contributed by atoms with van der Waals surface area (Å²) in [7, 11) is 0. The van der Waals surface area contributed by atoms with E-state index in [2.05, 4.69) is 168 Å². The summed E-state index contributed by atoms with van der Waals surface area (Å²) in [6.45, 7) is 6.38.